The first-order chi connectivity index (χ1) is 7.16. The van der Waals surface area contributed by atoms with Gasteiger partial charge in [0.1, 0.15) is 5.82 Å². The maximum absolute atomic E-state index is 12.9. The van der Waals surface area contributed by atoms with E-state index in [-0.39, 0.29) is 16.9 Å². The third-order valence-electron chi connectivity index (χ3n) is 2.88. The summed E-state index contributed by atoms with van der Waals surface area (Å²) in [7, 11) is 0. The van der Waals surface area contributed by atoms with E-state index in [1.54, 1.807) is 12.1 Å². The van der Waals surface area contributed by atoms with Crippen molar-refractivity contribution in [2.75, 3.05) is 0 Å². The minimum atomic E-state index is -0.386. The van der Waals surface area contributed by atoms with Crippen LogP contribution in [0.25, 0.3) is 0 Å². The van der Waals surface area contributed by atoms with Crippen LogP contribution in [0.2, 0.25) is 5.02 Å². The Hall–Kier alpha value is -0.600. The van der Waals surface area contributed by atoms with Crippen molar-refractivity contribution in [1.29, 1.82) is 0 Å². The molecule has 1 aliphatic carbocycles. The molecule has 1 unspecified atom stereocenters. The fourth-order valence-corrected chi connectivity index (χ4v) is 1.93. The van der Waals surface area contributed by atoms with E-state index in [1.807, 2.05) is 0 Å². The van der Waals surface area contributed by atoms with Gasteiger partial charge < -0.3 is 5.11 Å². The van der Waals surface area contributed by atoms with Crippen LogP contribution < -0.4 is 0 Å². The molecule has 1 saturated carbocycles. The smallest absolute Gasteiger partial charge is 0.141 e. The molecule has 1 N–H and O–H groups in total. The van der Waals surface area contributed by atoms with Crippen molar-refractivity contribution in [1.82, 2.24) is 0 Å². The second-order valence-electron chi connectivity index (χ2n) is 4.19. The Morgan fingerprint density at radius 1 is 1.47 bits per heavy atom. The van der Waals surface area contributed by atoms with Gasteiger partial charge in [-0.1, -0.05) is 17.7 Å². The van der Waals surface area contributed by atoms with Crippen LogP contribution in [0.4, 0.5) is 4.39 Å². The Balaban J connectivity index is 1.89. The van der Waals surface area contributed by atoms with E-state index < -0.39 is 0 Å². The number of hydrogen-bond acceptors (Lipinski definition) is 1. The summed E-state index contributed by atoms with van der Waals surface area (Å²) in [5, 5.41) is 9.83. The number of aryl methyl sites for hydroxylation is 1. The van der Waals surface area contributed by atoms with Crippen LogP contribution >= 0.6 is 11.6 Å². The van der Waals surface area contributed by atoms with Crippen LogP contribution in [0.1, 0.15) is 24.8 Å². The summed E-state index contributed by atoms with van der Waals surface area (Å²) >= 11 is 5.67. The molecular formula is C12H14ClFO. The maximum Gasteiger partial charge on any atom is 0.141 e. The molecule has 0 saturated heterocycles. The minimum absolute atomic E-state index is 0.161. The van der Waals surface area contributed by atoms with E-state index in [9.17, 15) is 9.50 Å². The normalized spacial score (nSPS) is 17.8. The molecule has 0 aromatic heterocycles. The van der Waals surface area contributed by atoms with Crippen LogP contribution in [0.5, 0.6) is 0 Å². The molecule has 1 aromatic rings. The summed E-state index contributed by atoms with van der Waals surface area (Å²) in [6.07, 6.45) is 3.59. The van der Waals surface area contributed by atoms with Crippen molar-refractivity contribution in [2.24, 2.45) is 5.92 Å². The SMILES string of the molecule is OC(CCc1ccc(F)c(Cl)c1)C1CC1. The van der Waals surface area contributed by atoms with E-state index in [2.05, 4.69) is 0 Å². The van der Waals surface area contributed by atoms with Crippen LogP contribution in [0.3, 0.4) is 0 Å². The van der Waals surface area contributed by atoms with Crippen molar-refractivity contribution in [3.8, 4) is 0 Å². The van der Waals surface area contributed by atoms with Crippen molar-refractivity contribution in [3.05, 3.63) is 34.6 Å². The Morgan fingerprint density at radius 2 is 2.20 bits per heavy atom. The van der Waals surface area contributed by atoms with Crippen molar-refractivity contribution in [2.45, 2.75) is 31.8 Å². The largest absolute Gasteiger partial charge is 0.393 e. The van der Waals surface area contributed by atoms with Crippen molar-refractivity contribution < 1.29 is 9.50 Å². The number of aliphatic hydroxyl groups excluding tert-OH is 1. The molecule has 0 radical (unpaired) electrons. The van der Waals surface area contributed by atoms with Gasteiger partial charge in [0.15, 0.2) is 0 Å². The van der Waals surface area contributed by atoms with Gasteiger partial charge in [-0.05, 0) is 49.3 Å². The highest BCUT2D eigenvalue weighted by atomic mass is 35.5. The zero-order valence-electron chi connectivity index (χ0n) is 8.42. The second kappa shape index (κ2) is 4.50. The monoisotopic (exact) mass is 228 g/mol. The van der Waals surface area contributed by atoms with Gasteiger partial charge >= 0.3 is 0 Å². The first-order valence-electron chi connectivity index (χ1n) is 5.29. The Kier molecular flexibility index (Phi) is 3.27. The Morgan fingerprint density at radius 3 is 2.80 bits per heavy atom. The molecule has 0 spiro atoms. The first-order valence-corrected chi connectivity index (χ1v) is 5.66. The van der Waals surface area contributed by atoms with Crippen LogP contribution in [-0.2, 0) is 6.42 Å². The predicted octanol–water partition coefficient (Wildman–Crippen LogP) is 3.18. The standard InChI is InChI=1S/C12H14ClFO/c13-10-7-8(1-5-11(10)14)2-6-12(15)9-3-4-9/h1,5,7,9,12,15H,2-4,6H2. The molecule has 0 heterocycles. The van der Waals surface area contributed by atoms with Crippen molar-refractivity contribution >= 4 is 11.6 Å². The fourth-order valence-electron chi connectivity index (χ4n) is 1.73. The van der Waals surface area contributed by atoms with Gasteiger partial charge in [-0.25, -0.2) is 4.39 Å². The third kappa shape index (κ3) is 2.93. The van der Waals surface area contributed by atoms with Crippen LogP contribution in [0, 0.1) is 11.7 Å². The molecular weight excluding hydrogens is 215 g/mol. The average Bonchev–Trinajstić information content (AvgIpc) is 3.03. The lowest BCUT2D eigenvalue weighted by molar-refractivity contribution is 0.142. The van der Waals surface area contributed by atoms with Gasteiger partial charge in [0, 0.05) is 0 Å². The fraction of sp³-hybridized carbons (Fsp3) is 0.500. The zero-order valence-corrected chi connectivity index (χ0v) is 9.17. The van der Waals surface area contributed by atoms with Crippen LogP contribution in [0.15, 0.2) is 18.2 Å². The van der Waals surface area contributed by atoms with E-state index >= 15 is 0 Å². The highest BCUT2D eigenvalue weighted by molar-refractivity contribution is 6.30. The summed E-state index contributed by atoms with van der Waals surface area (Å²) in [6.45, 7) is 0. The Labute approximate surface area is 93.9 Å². The average molecular weight is 229 g/mol. The molecule has 1 nitrogen and oxygen atoms in total. The topological polar surface area (TPSA) is 20.2 Å². The summed E-state index contributed by atoms with van der Waals surface area (Å²) in [4.78, 5) is 0. The van der Waals surface area contributed by atoms with Gasteiger partial charge in [-0.2, -0.15) is 0 Å². The molecule has 1 fully saturated rings. The highest BCUT2D eigenvalue weighted by Gasteiger charge is 2.29. The van der Waals surface area contributed by atoms with E-state index in [0.717, 1.165) is 31.2 Å². The highest BCUT2D eigenvalue weighted by Crippen LogP contribution is 2.34. The lowest BCUT2D eigenvalue weighted by Crippen LogP contribution is -2.10. The quantitative estimate of drug-likeness (QED) is 0.839. The van der Waals surface area contributed by atoms with Gasteiger partial charge in [0.2, 0.25) is 0 Å². The number of hydrogen-bond donors (Lipinski definition) is 1. The lowest BCUT2D eigenvalue weighted by atomic mass is 10.0. The molecule has 82 valence electrons. The van der Waals surface area contributed by atoms with Gasteiger partial charge in [0.25, 0.3) is 0 Å². The minimum Gasteiger partial charge on any atom is -0.393 e. The van der Waals surface area contributed by atoms with Gasteiger partial charge in [-0.15, -0.1) is 0 Å². The summed E-state index contributed by atoms with van der Waals surface area (Å²) in [6, 6.07) is 4.73. The zero-order chi connectivity index (χ0) is 10.8. The molecule has 0 amide bonds. The van der Waals surface area contributed by atoms with Crippen molar-refractivity contribution in [3.63, 3.8) is 0 Å². The molecule has 15 heavy (non-hydrogen) atoms. The molecule has 0 aliphatic heterocycles. The van der Waals surface area contributed by atoms with E-state index in [4.69, 9.17) is 11.6 Å². The summed E-state index contributed by atoms with van der Waals surface area (Å²) in [5.41, 5.74) is 0.987. The molecule has 0 bridgehead atoms. The number of rotatable bonds is 4. The number of halogens is 2. The molecule has 1 atom stereocenters. The van der Waals surface area contributed by atoms with Gasteiger partial charge in [0.05, 0.1) is 11.1 Å². The molecule has 2 rings (SSSR count). The van der Waals surface area contributed by atoms with Gasteiger partial charge in [-0.3, -0.25) is 0 Å². The predicted molar refractivity (Wildman–Crippen MR) is 58.5 cm³/mol. The van der Waals surface area contributed by atoms with Crippen LogP contribution in [-0.4, -0.2) is 11.2 Å². The summed E-state index contributed by atoms with van der Waals surface area (Å²) < 4.78 is 12.9. The molecule has 1 aliphatic rings. The summed E-state index contributed by atoms with van der Waals surface area (Å²) in [5.74, 6) is 0.115. The maximum atomic E-state index is 12.9. The lowest BCUT2D eigenvalue weighted by Gasteiger charge is -2.08. The Bertz CT molecular complexity index is 349. The van der Waals surface area contributed by atoms with E-state index in [1.165, 1.54) is 6.07 Å². The number of benzene rings is 1. The van der Waals surface area contributed by atoms with E-state index in [0.29, 0.717) is 5.92 Å². The molecule has 1 aromatic carbocycles. The third-order valence-corrected chi connectivity index (χ3v) is 3.17. The molecule has 3 heteroatoms. The second-order valence-corrected chi connectivity index (χ2v) is 4.60. The number of aliphatic hydroxyl groups is 1. The first kappa shape index (κ1) is 10.9.